The standard InChI is InChI=1S/C21H24FNO3S/c1-2-3-16-26-20-8-10-21(11-9-20)27(24,25)23-14-12-18(13-15-23)17-4-6-19(22)7-5-17/h4-12H,2-3,13-16H2,1H3. The zero-order valence-electron chi connectivity index (χ0n) is 15.4. The Morgan fingerprint density at radius 1 is 1.07 bits per heavy atom. The minimum absolute atomic E-state index is 0.268. The van der Waals surface area contributed by atoms with Gasteiger partial charge in [0.25, 0.3) is 0 Å². The molecule has 3 rings (SSSR count). The molecule has 0 aromatic heterocycles. The molecule has 27 heavy (non-hydrogen) atoms. The van der Waals surface area contributed by atoms with Crippen LogP contribution < -0.4 is 4.74 Å². The molecule has 2 aromatic rings. The lowest BCUT2D eigenvalue weighted by atomic mass is 10.0. The second kappa shape index (κ2) is 8.67. The molecule has 0 spiro atoms. The summed E-state index contributed by atoms with van der Waals surface area (Å²) in [5.74, 6) is 0.404. The van der Waals surface area contributed by atoms with Crippen LogP contribution >= 0.6 is 0 Å². The van der Waals surface area contributed by atoms with Gasteiger partial charge in [-0.05, 0) is 60.4 Å². The van der Waals surface area contributed by atoms with E-state index >= 15 is 0 Å². The Bertz CT molecular complexity index is 890. The van der Waals surface area contributed by atoms with Gasteiger partial charge in [0, 0.05) is 13.1 Å². The van der Waals surface area contributed by atoms with Gasteiger partial charge in [0.15, 0.2) is 0 Å². The van der Waals surface area contributed by atoms with Gasteiger partial charge in [0.2, 0.25) is 10.0 Å². The average molecular weight is 389 g/mol. The van der Waals surface area contributed by atoms with Crippen molar-refractivity contribution < 1.29 is 17.5 Å². The molecule has 0 atom stereocenters. The molecule has 0 saturated heterocycles. The van der Waals surface area contributed by atoms with Gasteiger partial charge in [-0.15, -0.1) is 0 Å². The number of benzene rings is 2. The molecule has 1 aliphatic rings. The summed E-state index contributed by atoms with van der Waals surface area (Å²) in [6, 6.07) is 12.9. The molecule has 144 valence electrons. The summed E-state index contributed by atoms with van der Waals surface area (Å²) >= 11 is 0. The van der Waals surface area contributed by atoms with Crippen LogP contribution in [0.25, 0.3) is 5.57 Å². The SMILES string of the molecule is CCCCOc1ccc(S(=O)(=O)N2CC=C(c3ccc(F)cc3)CC2)cc1. The number of unbranched alkanes of at least 4 members (excludes halogenated alkanes) is 1. The highest BCUT2D eigenvalue weighted by molar-refractivity contribution is 7.89. The molecule has 0 N–H and O–H groups in total. The summed E-state index contributed by atoms with van der Waals surface area (Å²) in [5, 5.41) is 0. The van der Waals surface area contributed by atoms with Crippen molar-refractivity contribution in [3.05, 3.63) is 66.0 Å². The lowest BCUT2D eigenvalue weighted by Crippen LogP contribution is -2.34. The van der Waals surface area contributed by atoms with Gasteiger partial charge in [-0.2, -0.15) is 4.31 Å². The van der Waals surface area contributed by atoms with E-state index in [0.717, 1.165) is 24.0 Å². The summed E-state index contributed by atoms with van der Waals surface area (Å²) in [5.41, 5.74) is 1.98. The fraction of sp³-hybridized carbons (Fsp3) is 0.333. The third-order valence-corrected chi connectivity index (χ3v) is 6.49. The van der Waals surface area contributed by atoms with Gasteiger partial charge in [-0.25, -0.2) is 12.8 Å². The van der Waals surface area contributed by atoms with E-state index in [1.165, 1.54) is 16.4 Å². The molecule has 2 aromatic carbocycles. The van der Waals surface area contributed by atoms with Gasteiger partial charge in [0.05, 0.1) is 11.5 Å². The molecular formula is C21H24FNO3S. The van der Waals surface area contributed by atoms with Crippen LogP contribution in [0.3, 0.4) is 0 Å². The van der Waals surface area contributed by atoms with Crippen LogP contribution in [-0.4, -0.2) is 32.4 Å². The molecule has 0 aliphatic carbocycles. The molecule has 0 unspecified atom stereocenters. The van der Waals surface area contributed by atoms with E-state index in [-0.39, 0.29) is 10.7 Å². The fourth-order valence-electron chi connectivity index (χ4n) is 2.99. The van der Waals surface area contributed by atoms with Crippen molar-refractivity contribution in [3.63, 3.8) is 0 Å². The highest BCUT2D eigenvalue weighted by atomic mass is 32.2. The van der Waals surface area contributed by atoms with Crippen LogP contribution in [0, 0.1) is 5.82 Å². The Labute approximate surface area is 160 Å². The third kappa shape index (κ3) is 4.76. The van der Waals surface area contributed by atoms with Crippen LogP contribution in [-0.2, 0) is 10.0 Å². The topological polar surface area (TPSA) is 46.6 Å². The number of nitrogens with zero attached hydrogens (tertiary/aromatic N) is 1. The van der Waals surface area contributed by atoms with Crippen LogP contribution in [0.5, 0.6) is 5.75 Å². The van der Waals surface area contributed by atoms with E-state index in [1.807, 2.05) is 6.08 Å². The maximum Gasteiger partial charge on any atom is 0.243 e. The highest BCUT2D eigenvalue weighted by Gasteiger charge is 2.26. The Kier molecular flexibility index (Phi) is 6.29. The first-order chi connectivity index (χ1) is 13.0. The van der Waals surface area contributed by atoms with Crippen molar-refractivity contribution in [3.8, 4) is 5.75 Å². The van der Waals surface area contributed by atoms with Crippen molar-refractivity contribution in [1.82, 2.24) is 4.31 Å². The van der Waals surface area contributed by atoms with Gasteiger partial charge in [-0.3, -0.25) is 0 Å². The number of hydrogen-bond donors (Lipinski definition) is 0. The lowest BCUT2D eigenvalue weighted by Gasteiger charge is -2.26. The van der Waals surface area contributed by atoms with Crippen LogP contribution in [0.15, 0.2) is 59.5 Å². The highest BCUT2D eigenvalue weighted by Crippen LogP contribution is 2.27. The molecule has 1 aliphatic heterocycles. The Balaban J connectivity index is 1.68. The number of rotatable bonds is 7. The first-order valence-corrected chi connectivity index (χ1v) is 10.6. The molecule has 0 radical (unpaired) electrons. The Morgan fingerprint density at radius 2 is 1.78 bits per heavy atom. The van der Waals surface area contributed by atoms with E-state index in [1.54, 1.807) is 36.4 Å². The first kappa shape index (κ1) is 19.6. The molecule has 0 fully saturated rings. The number of hydrogen-bond acceptors (Lipinski definition) is 3. The van der Waals surface area contributed by atoms with E-state index in [2.05, 4.69) is 6.92 Å². The summed E-state index contributed by atoms with van der Waals surface area (Å²) < 4.78 is 45.8. The number of halogens is 1. The van der Waals surface area contributed by atoms with Crippen LogP contribution in [0.4, 0.5) is 4.39 Å². The molecule has 6 heteroatoms. The maximum absolute atomic E-state index is 13.1. The zero-order valence-corrected chi connectivity index (χ0v) is 16.2. The predicted octanol–water partition coefficient (Wildman–Crippen LogP) is 4.48. The van der Waals surface area contributed by atoms with Crippen molar-refractivity contribution in [2.24, 2.45) is 0 Å². The lowest BCUT2D eigenvalue weighted by molar-refractivity contribution is 0.309. The Hall–Kier alpha value is -2.18. The second-order valence-corrected chi connectivity index (χ2v) is 8.46. The van der Waals surface area contributed by atoms with Gasteiger partial charge >= 0.3 is 0 Å². The van der Waals surface area contributed by atoms with Gasteiger partial charge in [-0.1, -0.05) is 31.6 Å². The quantitative estimate of drug-likeness (QED) is 0.656. The largest absolute Gasteiger partial charge is 0.494 e. The van der Waals surface area contributed by atoms with Crippen molar-refractivity contribution in [1.29, 1.82) is 0 Å². The van der Waals surface area contributed by atoms with Crippen molar-refractivity contribution >= 4 is 15.6 Å². The average Bonchev–Trinajstić information content (AvgIpc) is 2.69. The third-order valence-electron chi connectivity index (χ3n) is 4.62. The zero-order chi connectivity index (χ0) is 19.3. The molecule has 0 amide bonds. The monoisotopic (exact) mass is 389 g/mol. The molecule has 1 heterocycles. The smallest absolute Gasteiger partial charge is 0.243 e. The van der Waals surface area contributed by atoms with Crippen molar-refractivity contribution in [2.75, 3.05) is 19.7 Å². The van der Waals surface area contributed by atoms with E-state index < -0.39 is 10.0 Å². The molecule has 4 nitrogen and oxygen atoms in total. The Morgan fingerprint density at radius 3 is 2.37 bits per heavy atom. The summed E-state index contributed by atoms with van der Waals surface area (Å²) in [6.07, 6.45) is 4.52. The minimum Gasteiger partial charge on any atom is -0.494 e. The van der Waals surface area contributed by atoms with Crippen LogP contribution in [0.1, 0.15) is 31.7 Å². The van der Waals surface area contributed by atoms with E-state index in [4.69, 9.17) is 4.74 Å². The first-order valence-electron chi connectivity index (χ1n) is 9.18. The van der Waals surface area contributed by atoms with E-state index in [9.17, 15) is 12.8 Å². The van der Waals surface area contributed by atoms with Gasteiger partial charge in [0.1, 0.15) is 11.6 Å². The maximum atomic E-state index is 13.1. The number of sulfonamides is 1. The van der Waals surface area contributed by atoms with Gasteiger partial charge < -0.3 is 4.74 Å². The predicted molar refractivity (Wildman–Crippen MR) is 105 cm³/mol. The van der Waals surface area contributed by atoms with E-state index in [0.29, 0.717) is 31.9 Å². The second-order valence-electron chi connectivity index (χ2n) is 6.52. The normalized spacial score (nSPS) is 15.4. The summed E-state index contributed by atoms with van der Waals surface area (Å²) in [4.78, 5) is 0.268. The van der Waals surface area contributed by atoms with Crippen LogP contribution in [0.2, 0.25) is 0 Å². The molecule has 0 saturated carbocycles. The minimum atomic E-state index is -3.54. The summed E-state index contributed by atoms with van der Waals surface area (Å²) in [6.45, 7) is 3.43. The molecular weight excluding hydrogens is 365 g/mol. The molecule has 0 bridgehead atoms. The fourth-order valence-corrected chi connectivity index (χ4v) is 4.37. The number of ether oxygens (including phenoxy) is 1. The summed E-state index contributed by atoms with van der Waals surface area (Å²) in [7, 11) is -3.54. The van der Waals surface area contributed by atoms with Crippen molar-refractivity contribution in [2.45, 2.75) is 31.1 Å².